The largest absolute Gasteiger partial charge is 0.493 e. The molecule has 1 N–H and O–H groups in total. The zero-order chi connectivity index (χ0) is 18.3. The predicted octanol–water partition coefficient (Wildman–Crippen LogP) is 3.46. The predicted molar refractivity (Wildman–Crippen MR) is 92.2 cm³/mol. The molecule has 0 heterocycles. The summed E-state index contributed by atoms with van der Waals surface area (Å²) in [6, 6.07) is 2.95. The van der Waals surface area contributed by atoms with Gasteiger partial charge < -0.3 is 19.5 Å². The lowest BCUT2D eigenvalue weighted by atomic mass is 10.1. The van der Waals surface area contributed by atoms with Crippen molar-refractivity contribution in [3.05, 3.63) is 22.7 Å². The Bertz CT molecular complexity index is 589. The van der Waals surface area contributed by atoms with Gasteiger partial charge in [0.1, 0.15) is 0 Å². The summed E-state index contributed by atoms with van der Waals surface area (Å²) < 4.78 is 10.8. The first-order chi connectivity index (χ1) is 11.3. The molecule has 1 aromatic carbocycles. The highest BCUT2D eigenvalue weighted by molar-refractivity contribution is 6.32. The Hall–Kier alpha value is -1.95. The molecule has 0 bridgehead atoms. The Morgan fingerprint density at radius 2 is 2.00 bits per heavy atom. The van der Waals surface area contributed by atoms with Crippen LogP contribution < -0.4 is 9.47 Å². The van der Waals surface area contributed by atoms with Crippen molar-refractivity contribution in [3.8, 4) is 11.5 Å². The first-order valence-electron chi connectivity index (χ1n) is 7.84. The summed E-state index contributed by atoms with van der Waals surface area (Å²) in [5.74, 6) is -0.471. The van der Waals surface area contributed by atoms with Gasteiger partial charge in [-0.15, -0.1) is 0 Å². The van der Waals surface area contributed by atoms with Crippen LogP contribution in [0, 0.1) is 0 Å². The molecule has 24 heavy (non-hydrogen) atoms. The summed E-state index contributed by atoms with van der Waals surface area (Å²) in [4.78, 5) is 25.0. The van der Waals surface area contributed by atoms with Crippen molar-refractivity contribution in [2.45, 2.75) is 39.7 Å². The quantitative estimate of drug-likeness (QED) is 0.732. The van der Waals surface area contributed by atoms with Gasteiger partial charge in [-0.25, -0.2) is 0 Å². The Morgan fingerprint density at radius 3 is 2.50 bits per heavy atom. The monoisotopic (exact) mass is 357 g/mol. The van der Waals surface area contributed by atoms with E-state index in [9.17, 15) is 9.59 Å². The van der Waals surface area contributed by atoms with E-state index in [0.29, 0.717) is 23.7 Å². The van der Waals surface area contributed by atoms with Crippen LogP contribution in [-0.4, -0.2) is 48.2 Å². The van der Waals surface area contributed by atoms with Crippen molar-refractivity contribution in [2.24, 2.45) is 0 Å². The van der Waals surface area contributed by atoms with Gasteiger partial charge in [0.15, 0.2) is 11.5 Å². The van der Waals surface area contributed by atoms with E-state index in [-0.39, 0.29) is 29.9 Å². The lowest BCUT2D eigenvalue weighted by Crippen LogP contribution is -2.38. The van der Waals surface area contributed by atoms with Crippen molar-refractivity contribution in [3.63, 3.8) is 0 Å². The van der Waals surface area contributed by atoms with E-state index in [1.807, 2.05) is 20.8 Å². The van der Waals surface area contributed by atoms with E-state index < -0.39 is 5.97 Å². The molecule has 0 saturated carbocycles. The van der Waals surface area contributed by atoms with Crippen LogP contribution in [0.5, 0.6) is 11.5 Å². The van der Waals surface area contributed by atoms with Crippen LogP contribution in [0.25, 0.3) is 0 Å². The molecule has 0 spiro atoms. The third-order valence-electron chi connectivity index (χ3n) is 3.38. The number of aliphatic carboxylic acids is 1. The van der Waals surface area contributed by atoms with E-state index in [1.165, 1.54) is 18.1 Å². The number of carboxylic acids is 1. The fraction of sp³-hybridized carbons (Fsp3) is 0.529. The van der Waals surface area contributed by atoms with Crippen LogP contribution in [0.4, 0.5) is 0 Å². The summed E-state index contributed by atoms with van der Waals surface area (Å²) in [5.41, 5.74) is 0.333. The lowest BCUT2D eigenvalue weighted by molar-refractivity contribution is -0.137. The third-order valence-corrected chi connectivity index (χ3v) is 3.66. The van der Waals surface area contributed by atoms with E-state index in [4.69, 9.17) is 26.2 Å². The van der Waals surface area contributed by atoms with Crippen molar-refractivity contribution >= 4 is 23.5 Å². The first-order valence-corrected chi connectivity index (χ1v) is 8.22. The fourth-order valence-corrected chi connectivity index (χ4v) is 2.43. The molecule has 0 radical (unpaired) electrons. The van der Waals surface area contributed by atoms with Gasteiger partial charge in [-0.2, -0.15) is 0 Å². The van der Waals surface area contributed by atoms with Gasteiger partial charge in [-0.1, -0.05) is 18.5 Å². The number of hydrogen-bond acceptors (Lipinski definition) is 4. The molecular formula is C17H24ClNO5. The zero-order valence-corrected chi connectivity index (χ0v) is 15.2. The maximum absolute atomic E-state index is 12.7. The molecule has 1 aromatic rings. The molecule has 1 rings (SSSR count). The number of halogens is 1. The van der Waals surface area contributed by atoms with Crippen molar-refractivity contribution in [2.75, 3.05) is 20.3 Å². The minimum atomic E-state index is -0.952. The van der Waals surface area contributed by atoms with Gasteiger partial charge in [0.05, 0.1) is 25.2 Å². The topological polar surface area (TPSA) is 76.1 Å². The number of ether oxygens (including phenoxy) is 2. The summed E-state index contributed by atoms with van der Waals surface area (Å²) in [5, 5.41) is 9.13. The third kappa shape index (κ3) is 5.30. The van der Waals surface area contributed by atoms with Crippen molar-refractivity contribution in [1.29, 1.82) is 0 Å². The minimum absolute atomic E-state index is 0.119. The number of carbonyl (C=O) groups is 2. The molecule has 7 heteroatoms. The van der Waals surface area contributed by atoms with Crippen LogP contribution in [0.15, 0.2) is 12.1 Å². The van der Waals surface area contributed by atoms with Crippen LogP contribution in [0.3, 0.4) is 0 Å². The molecular weight excluding hydrogens is 334 g/mol. The van der Waals surface area contributed by atoms with Crippen molar-refractivity contribution < 1.29 is 24.2 Å². The second kappa shape index (κ2) is 9.37. The summed E-state index contributed by atoms with van der Waals surface area (Å²) >= 11 is 6.24. The molecule has 1 amide bonds. The SMILES string of the molecule is CCCOc1c(Cl)cc(C(=O)N(CCC(=O)O)C(C)C)cc1OC. The number of nitrogens with zero attached hydrogens (tertiary/aromatic N) is 1. The Kier molecular flexibility index (Phi) is 7.85. The lowest BCUT2D eigenvalue weighted by Gasteiger charge is -2.26. The molecule has 0 aliphatic heterocycles. The summed E-state index contributed by atoms with van der Waals surface area (Å²) in [7, 11) is 1.48. The number of carboxylic acid groups (broad SMARTS) is 1. The minimum Gasteiger partial charge on any atom is -0.493 e. The average Bonchev–Trinajstić information content (AvgIpc) is 2.52. The van der Waals surface area contributed by atoms with Gasteiger partial charge in [0.2, 0.25) is 0 Å². The van der Waals surface area contributed by atoms with Crippen molar-refractivity contribution in [1.82, 2.24) is 4.90 Å². The Morgan fingerprint density at radius 1 is 1.33 bits per heavy atom. The van der Waals surface area contributed by atoms with Crippen LogP contribution in [-0.2, 0) is 4.79 Å². The van der Waals surface area contributed by atoms with Crippen LogP contribution in [0.1, 0.15) is 44.0 Å². The highest BCUT2D eigenvalue weighted by Crippen LogP contribution is 2.37. The molecule has 0 atom stereocenters. The number of carbonyl (C=O) groups excluding carboxylic acids is 1. The normalized spacial score (nSPS) is 10.6. The highest BCUT2D eigenvalue weighted by Gasteiger charge is 2.22. The molecule has 134 valence electrons. The van der Waals surface area contributed by atoms with Gasteiger partial charge in [-0.3, -0.25) is 9.59 Å². The Labute approximate surface area is 147 Å². The van der Waals surface area contributed by atoms with Gasteiger partial charge in [0.25, 0.3) is 5.91 Å². The Balaban J connectivity index is 3.12. The molecule has 0 saturated heterocycles. The number of amides is 1. The maximum Gasteiger partial charge on any atom is 0.305 e. The summed E-state index contributed by atoms with van der Waals surface area (Å²) in [6.45, 7) is 6.25. The van der Waals surface area contributed by atoms with Crippen LogP contribution in [0.2, 0.25) is 5.02 Å². The number of benzene rings is 1. The number of hydrogen-bond donors (Lipinski definition) is 1. The molecule has 0 aromatic heterocycles. The second-order valence-corrected chi connectivity index (χ2v) is 5.98. The standard InChI is InChI=1S/C17H24ClNO5/c1-5-8-24-16-13(18)9-12(10-14(16)23-4)17(22)19(11(2)3)7-6-15(20)21/h9-11H,5-8H2,1-4H3,(H,20,21). The molecule has 0 aliphatic carbocycles. The van der Waals surface area contributed by atoms with E-state index in [0.717, 1.165) is 6.42 Å². The second-order valence-electron chi connectivity index (χ2n) is 5.57. The first kappa shape index (κ1) is 20.1. The maximum atomic E-state index is 12.7. The highest BCUT2D eigenvalue weighted by atomic mass is 35.5. The van der Waals surface area contributed by atoms with E-state index in [1.54, 1.807) is 6.07 Å². The van der Waals surface area contributed by atoms with E-state index >= 15 is 0 Å². The smallest absolute Gasteiger partial charge is 0.305 e. The molecule has 0 aliphatic rings. The molecule has 0 unspecified atom stereocenters. The average molecular weight is 358 g/mol. The molecule has 6 nitrogen and oxygen atoms in total. The van der Waals surface area contributed by atoms with E-state index in [2.05, 4.69) is 0 Å². The zero-order valence-electron chi connectivity index (χ0n) is 14.5. The fourth-order valence-electron chi connectivity index (χ4n) is 2.16. The molecule has 0 fully saturated rings. The summed E-state index contributed by atoms with van der Waals surface area (Å²) in [6.07, 6.45) is 0.697. The number of rotatable bonds is 9. The van der Waals surface area contributed by atoms with Gasteiger partial charge in [0, 0.05) is 18.2 Å². The van der Waals surface area contributed by atoms with Crippen LogP contribution >= 0.6 is 11.6 Å². The van der Waals surface area contributed by atoms with Gasteiger partial charge >= 0.3 is 5.97 Å². The van der Waals surface area contributed by atoms with Gasteiger partial charge in [-0.05, 0) is 32.4 Å². The number of methoxy groups -OCH3 is 1.